The van der Waals surface area contributed by atoms with Crippen molar-refractivity contribution < 1.29 is 14.6 Å². The number of carbonyl (C=O) groups is 1. The highest BCUT2D eigenvalue weighted by atomic mass is 32.2. The lowest BCUT2D eigenvalue weighted by molar-refractivity contribution is -0.133. The van der Waals surface area contributed by atoms with E-state index in [-0.39, 0.29) is 5.75 Å². The smallest absolute Gasteiger partial charge is 0.313 e. The fourth-order valence-electron chi connectivity index (χ4n) is 1.83. The first-order valence-corrected chi connectivity index (χ1v) is 7.40. The van der Waals surface area contributed by atoms with Gasteiger partial charge in [-0.15, -0.1) is 0 Å². The number of aromatic nitrogens is 3. The second-order valence-electron chi connectivity index (χ2n) is 4.28. The Kier molecular flexibility index (Phi) is 4.84. The third-order valence-electron chi connectivity index (χ3n) is 2.80. The number of carboxylic acids is 1. The number of imidazole rings is 1. The van der Waals surface area contributed by atoms with E-state index in [1.165, 1.54) is 11.8 Å². The predicted octanol–water partition coefficient (Wildman–Crippen LogP) is 2.42. The third-order valence-corrected chi connectivity index (χ3v) is 3.76. The normalized spacial score (nSPS) is 10.9. The number of nitrogens with zero attached hydrogens (tertiary/aromatic N) is 3. The summed E-state index contributed by atoms with van der Waals surface area (Å²) in [6.45, 7) is 2.88. The Labute approximate surface area is 121 Å². The van der Waals surface area contributed by atoms with Crippen LogP contribution in [0.1, 0.15) is 19.8 Å². The van der Waals surface area contributed by atoms with Gasteiger partial charge in [0.15, 0.2) is 10.8 Å². The Morgan fingerprint density at radius 3 is 2.90 bits per heavy atom. The molecule has 0 saturated carbocycles. The zero-order chi connectivity index (χ0) is 14.5. The van der Waals surface area contributed by atoms with Crippen molar-refractivity contribution in [1.82, 2.24) is 14.5 Å². The van der Waals surface area contributed by atoms with E-state index < -0.39 is 5.97 Å². The van der Waals surface area contributed by atoms with E-state index in [1.54, 1.807) is 13.2 Å². The summed E-state index contributed by atoms with van der Waals surface area (Å²) in [4.78, 5) is 19.6. The van der Waals surface area contributed by atoms with Crippen LogP contribution in [0, 0.1) is 0 Å². The number of unbranched alkanes of at least 4 members (excludes halogenated alkanes) is 1. The Bertz CT molecular complexity index is 612. The van der Waals surface area contributed by atoms with Gasteiger partial charge in [-0.3, -0.25) is 4.79 Å². The van der Waals surface area contributed by atoms with Crippen molar-refractivity contribution in [3.63, 3.8) is 0 Å². The first kappa shape index (κ1) is 14.6. The Morgan fingerprint density at radius 2 is 2.25 bits per heavy atom. The average Bonchev–Trinajstić information content (AvgIpc) is 2.79. The Hall–Kier alpha value is -1.76. The molecule has 0 unspecified atom stereocenters. The summed E-state index contributed by atoms with van der Waals surface area (Å²) in [6, 6.07) is 3.60. The molecule has 0 fully saturated rings. The highest BCUT2D eigenvalue weighted by molar-refractivity contribution is 7.99. The summed E-state index contributed by atoms with van der Waals surface area (Å²) >= 11 is 1.22. The molecule has 2 heterocycles. The number of hydrogen-bond donors (Lipinski definition) is 1. The molecule has 0 aliphatic rings. The van der Waals surface area contributed by atoms with Crippen molar-refractivity contribution in [2.75, 3.05) is 12.9 Å². The van der Waals surface area contributed by atoms with E-state index in [2.05, 4.69) is 16.9 Å². The minimum absolute atomic E-state index is 0.00736. The van der Waals surface area contributed by atoms with E-state index in [1.807, 2.05) is 10.6 Å². The Morgan fingerprint density at radius 1 is 1.45 bits per heavy atom. The molecule has 7 heteroatoms. The minimum atomic E-state index is -0.852. The molecule has 6 nitrogen and oxygen atoms in total. The van der Waals surface area contributed by atoms with Gasteiger partial charge in [0, 0.05) is 12.6 Å². The van der Waals surface area contributed by atoms with Crippen LogP contribution in [0.2, 0.25) is 0 Å². The van der Waals surface area contributed by atoms with Crippen molar-refractivity contribution in [1.29, 1.82) is 0 Å². The number of pyridine rings is 1. The van der Waals surface area contributed by atoms with Crippen LogP contribution in [-0.4, -0.2) is 38.5 Å². The molecule has 0 spiro atoms. The molecule has 0 bridgehead atoms. The maximum absolute atomic E-state index is 10.7. The number of methoxy groups -OCH3 is 1. The van der Waals surface area contributed by atoms with Gasteiger partial charge in [-0.2, -0.15) is 4.98 Å². The molecule has 0 aliphatic heterocycles. The zero-order valence-corrected chi connectivity index (χ0v) is 12.3. The number of fused-ring (bicyclic) bond motifs is 1. The van der Waals surface area contributed by atoms with Crippen molar-refractivity contribution in [3.05, 3.63) is 12.1 Å². The van der Waals surface area contributed by atoms with Gasteiger partial charge in [0.25, 0.3) is 0 Å². The minimum Gasteiger partial charge on any atom is -0.481 e. The molecule has 0 atom stereocenters. The second-order valence-corrected chi connectivity index (χ2v) is 5.22. The van der Waals surface area contributed by atoms with Crippen LogP contribution in [0.3, 0.4) is 0 Å². The predicted molar refractivity (Wildman–Crippen MR) is 77.3 cm³/mol. The van der Waals surface area contributed by atoms with Crippen LogP contribution in [0.5, 0.6) is 5.88 Å². The molecule has 0 aromatic carbocycles. The molecule has 1 N–H and O–H groups in total. The van der Waals surface area contributed by atoms with E-state index in [9.17, 15) is 4.79 Å². The Balaban J connectivity index is 2.40. The molecule has 0 saturated heterocycles. The van der Waals surface area contributed by atoms with Crippen LogP contribution < -0.4 is 4.74 Å². The largest absolute Gasteiger partial charge is 0.481 e. The van der Waals surface area contributed by atoms with Gasteiger partial charge in [0.05, 0.1) is 12.9 Å². The number of hydrogen-bond acceptors (Lipinski definition) is 5. The first-order valence-electron chi connectivity index (χ1n) is 6.41. The van der Waals surface area contributed by atoms with Crippen LogP contribution in [0.15, 0.2) is 17.3 Å². The number of ether oxygens (including phenoxy) is 1. The lowest BCUT2D eigenvalue weighted by atomic mass is 10.3. The number of rotatable bonds is 7. The van der Waals surface area contributed by atoms with Crippen molar-refractivity contribution in [3.8, 4) is 5.88 Å². The van der Waals surface area contributed by atoms with Crippen LogP contribution in [-0.2, 0) is 11.3 Å². The number of aryl methyl sites for hydroxylation is 1. The van der Waals surface area contributed by atoms with Crippen LogP contribution in [0.25, 0.3) is 11.2 Å². The van der Waals surface area contributed by atoms with Gasteiger partial charge in [0.2, 0.25) is 5.88 Å². The molecular formula is C13H17N3O3S. The molecule has 108 valence electrons. The molecule has 2 rings (SSSR count). The van der Waals surface area contributed by atoms with Gasteiger partial charge in [-0.25, -0.2) is 4.98 Å². The molecular weight excluding hydrogens is 278 g/mol. The van der Waals surface area contributed by atoms with E-state index in [4.69, 9.17) is 9.84 Å². The van der Waals surface area contributed by atoms with Crippen molar-refractivity contribution in [2.45, 2.75) is 31.5 Å². The molecule has 2 aromatic rings. The van der Waals surface area contributed by atoms with Crippen LogP contribution in [0.4, 0.5) is 0 Å². The number of aliphatic carboxylic acids is 1. The summed E-state index contributed by atoms with van der Waals surface area (Å²) in [6.07, 6.45) is 2.04. The molecule has 0 amide bonds. The van der Waals surface area contributed by atoms with Crippen LogP contribution >= 0.6 is 11.8 Å². The topological polar surface area (TPSA) is 77.2 Å². The monoisotopic (exact) mass is 295 g/mol. The highest BCUT2D eigenvalue weighted by Crippen LogP contribution is 2.25. The molecule has 20 heavy (non-hydrogen) atoms. The second kappa shape index (κ2) is 6.60. The number of carboxylic acid groups (broad SMARTS) is 1. The summed E-state index contributed by atoms with van der Waals surface area (Å²) in [5.74, 6) is -0.327. The lowest BCUT2D eigenvalue weighted by Gasteiger charge is -2.07. The maximum Gasteiger partial charge on any atom is 0.313 e. The SMILES string of the molecule is CCCCn1c(SCC(=O)O)nc2ccc(OC)nc21. The van der Waals surface area contributed by atoms with Gasteiger partial charge in [-0.1, -0.05) is 25.1 Å². The third kappa shape index (κ3) is 3.22. The fraction of sp³-hybridized carbons (Fsp3) is 0.462. The quantitative estimate of drug-likeness (QED) is 0.790. The first-order chi connectivity index (χ1) is 9.65. The maximum atomic E-state index is 10.7. The highest BCUT2D eigenvalue weighted by Gasteiger charge is 2.14. The molecule has 0 radical (unpaired) electrons. The molecule has 2 aromatic heterocycles. The van der Waals surface area contributed by atoms with E-state index in [0.29, 0.717) is 11.0 Å². The molecule has 0 aliphatic carbocycles. The van der Waals surface area contributed by atoms with Gasteiger partial charge >= 0.3 is 5.97 Å². The van der Waals surface area contributed by atoms with Gasteiger partial charge < -0.3 is 14.4 Å². The van der Waals surface area contributed by atoms with E-state index >= 15 is 0 Å². The lowest BCUT2D eigenvalue weighted by Crippen LogP contribution is -2.04. The van der Waals surface area contributed by atoms with Gasteiger partial charge in [0.1, 0.15) is 5.52 Å². The zero-order valence-electron chi connectivity index (χ0n) is 11.5. The average molecular weight is 295 g/mol. The van der Waals surface area contributed by atoms with Gasteiger partial charge in [-0.05, 0) is 12.5 Å². The fourth-order valence-corrected chi connectivity index (χ4v) is 2.58. The summed E-state index contributed by atoms with van der Waals surface area (Å²) in [5, 5.41) is 9.50. The number of thioether (sulfide) groups is 1. The summed E-state index contributed by atoms with van der Waals surface area (Å²) in [7, 11) is 1.57. The van der Waals surface area contributed by atoms with E-state index in [0.717, 1.165) is 30.6 Å². The van der Waals surface area contributed by atoms with Crippen molar-refractivity contribution in [2.24, 2.45) is 0 Å². The standard InChI is InChI=1S/C13H17N3O3S/c1-3-4-7-16-12-9(5-6-10(15-12)19-2)14-13(16)20-8-11(17)18/h5-6H,3-4,7-8H2,1-2H3,(H,17,18). The summed E-state index contributed by atoms with van der Waals surface area (Å²) < 4.78 is 7.10. The summed E-state index contributed by atoms with van der Waals surface area (Å²) in [5.41, 5.74) is 1.50. The van der Waals surface area contributed by atoms with Crippen molar-refractivity contribution >= 4 is 28.9 Å².